The Hall–Kier alpha value is -2.03. The van der Waals surface area contributed by atoms with Crippen LogP contribution in [0.1, 0.15) is 24.1 Å². The molecule has 7 nitrogen and oxygen atoms in total. The van der Waals surface area contributed by atoms with E-state index >= 15 is 0 Å². The van der Waals surface area contributed by atoms with E-state index in [1.54, 1.807) is 11.3 Å². The minimum absolute atomic E-state index is 0.734. The quantitative estimate of drug-likeness (QED) is 0.642. The smallest absolute Gasteiger partial charge is 0.228 e. The highest BCUT2D eigenvalue weighted by Gasteiger charge is 2.25. The fourth-order valence-electron chi connectivity index (χ4n) is 4.68. The van der Waals surface area contributed by atoms with E-state index in [-0.39, 0.29) is 0 Å². The van der Waals surface area contributed by atoms with Crippen LogP contribution in [0.3, 0.4) is 0 Å². The van der Waals surface area contributed by atoms with Gasteiger partial charge in [0.1, 0.15) is 0 Å². The molecule has 8 heteroatoms. The highest BCUT2D eigenvalue weighted by molar-refractivity contribution is 7.26. The molecule has 6 rings (SSSR count). The molecule has 0 bridgehead atoms. The number of morpholine rings is 2. The molecule has 2 aliphatic heterocycles. The summed E-state index contributed by atoms with van der Waals surface area (Å²) in [4.78, 5) is 19.6. The largest absolute Gasteiger partial charge is 0.378 e. The highest BCUT2D eigenvalue weighted by atomic mass is 32.1. The average Bonchev–Trinajstić information content (AvgIpc) is 3.19. The number of nitrogens with zero attached hydrogens (tertiary/aromatic N) is 5. The van der Waals surface area contributed by atoms with Gasteiger partial charge in [-0.05, 0) is 31.2 Å². The molecule has 5 heterocycles. The lowest BCUT2D eigenvalue weighted by Crippen LogP contribution is -2.39. The minimum atomic E-state index is 0.734. The number of hydrogen-bond donors (Lipinski definition) is 0. The van der Waals surface area contributed by atoms with Crippen LogP contribution in [0.5, 0.6) is 0 Å². The molecule has 0 aromatic carbocycles. The number of aryl methyl sites for hydroxylation is 2. The van der Waals surface area contributed by atoms with E-state index in [0.717, 1.165) is 82.7 Å². The van der Waals surface area contributed by atoms with Gasteiger partial charge in [-0.1, -0.05) is 0 Å². The Kier molecular flexibility index (Phi) is 4.50. The summed E-state index contributed by atoms with van der Waals surface area (Å²) in [7, 11) is 0. The molecule has 0 atom stereocenters. The van der Waals surface area contributed by atoms with Crippen LogP contribution in [-0.4, -0.2) is 67.6 Å². The first-order valence-corrected chi connectivity index (χ1v) is 11.5. The standard InChI is InChI=1S/C21H25N5O2S/c1-2-4-15-14(3-1)17-16(13-22-15)29-19-18(17)23-21(26-7-11-28-12-8-26)24-20(19)25-5-9-27-10-6-25/h13H,1-12H2. The lowest BCUT2D eigenvalue weighted by Gasteiger charge is -2.31. The van der Waals surface area contributed by atoms with Gasteiger partial charge in [0.05, 0.1) is 41.3 Å². The van der Waals surface area contributed by atoms with E-state index < -0.39 is 0 Å². The second kappa shape index (κ2) is 7.34. The zero-order valence-electron chi connectivity index (χ0n) is 16.5. The number of fused-ring (bicyclic) bond motifs is 5. The van der Waals surface area contributed by atoms with Crippen LogP contribution in [0.2, 0.25) is 0 Å². The van der Waals surface area contributed by atoms with Crippen molar-refractivity contribution in [2.75, 3.05) is 62.4 Å². The molecular formula is C21H25N5O2S. The van der Waals surface area contributed by atoms with Crippen LogP contribution in [0.25, 0.3) is 20.3 Å². The number of pyridine rings is 1. The Bertz CT molecular complexity index is 1060. The van der Waals surface area contributed by atoms with Crippen molar-refractivity contribution in [1.82, 2.24) is 15.0 Å². The molecule has 0 N–H and O–H groups in total. The van der Waals surface area contributed by atoms with Gasteiger partial charge in [0, 0.05) is 43.5 Å². The third-order valence-electron chi connectivity index (χ3n) is 6.21. The van der Waals surface area contributed by atoms with Gasteiger partial charge in [0.2, 0.25) is 5.95 Å². The van der Waals surface area contributed by atoms with Gasteiger partial charge in [-0.15, -0.1) is 11.3 Å². The average molecular weight is 412 g/mol. The van der Waals surface area contributed by atoms with Gasteiger partial charge < -0.3 is 19.3 Å². The van der Waals surface area contributed by atoms with E-state index in [0.29, 0.717) is 0 Å². The number of rotatable bonds is 2. The van der Waals surface area contributed by atoms with Gasteiger partial charge >= 0.3 is 0 Å². The minimum Gasteiger partial charge on any atom is -0.378 e. The molecule has 2 saturated heterocycles. The molecule has 0 unspecified atom stereocenters. The van der Waals surface area contributed by atoms with Crippen LogP contribution in [0.15, 0.2) is 6.20 Å². The van der Waals surface area contributed by atoms with Crippen LogP contribution in [0.4, 0.5) is 11.8 Å². The van der Waals surface area contributed by atoms with E-state index in [1.807, 2.05) is 0 Å². The number of anilines is 2. The highest BCUT2D eigenvalue weighted by Crippen LogP contribution is 2.42. The van der Waals surface area contributed by atoms with E-state index in [4.69, 9.17) is 24.4 Å². The summed E-state index contributed by atoms with van der Waals surface area (Å²) in [6.45, 7) is 6.40. The third kappa shape index (κ3) is 3.05. The summed E-state index contributed by atoms with van der Waals surface area (Å²) in [6.07, 6.45) is 6.72. The van der Waals surface area contributed by atoms with Crippen LogP contribution >= 0.6 is 11.3 Å². The van der Waals surface area contributed by atoms with Crippen molar-refractivity contribution < 1.29 is 9.47 Å². The molecular weight excluding hydrogens is 386 g/mol. The molecule has 2 fully saturated rings. The first-order chi connectivity index (χ1) is 14.4. The van der Waals surface area contributed by atoms with Gasteiger partial charge in [-0.2, -0.15) is 4.98 Å². The van der Waals surface area contributed by atoms with Gasteiger partial charge in [0.15, 0.2) is 5.82 Å². The fraction of sp³-hybridized carbons (Fsp3) is 0.571. The summed E-state index contributed by atoms with van der Waals surface area (Å²) in [5, 5.41) is 1.32. The van der Waals surface area contributed by atoms with Crippen molar-refractivity contribution in [1.29, 1.82) is 0 Å². The summed E-state index contributed by atoms with van der Waals surface area (Å²) < 4.78 is 13.6. The van der Waals surface area contributed by atoms with E-state index in [1.165, 1.54) is 38.9 Å². The lowest BCUT2D eigenvalue weighted by atomic mass is 9.93. The van der Waals surface area contributed by atoms with Gasteiger partial charge in [-0.3, -0.25) is 4.98 Å². The third-order valence-corrected chi connectivity index (χ3v) is 7.32. The first kappa shape index (κ1) is 17.8. The zero-order valence-corrected chi connectivity index (χ0v) is 17.3. The van der Waals surface area contributed by atoms with Crippen LogP contribution < -0.4 is 9.80 Å². The number of aromatic nitrogens is 3. The maximum atomic E-state index is 5.59. The van der Waals surface area contributed by atoms with Crippen molar-refractivity contribution in [2.24, 2.45) is 0 Å². The molecule has 0 saturated carbocycles. The maximum Gasteiger partial charge on any atom is 0.228 e. The summed E-state index contributed by atoms with van der Waals surface area (Å²) in [5.74, 6) is 1.90. The molecule has 1 aliphatic carbocycles. The van der Waals surface area contributed by atoms with Crippen molar-refractivity contribution in [3.8, 4) is 0 Å². The zero-order chi connectivity index (χ0) is 19.2. The van der Waals surface area contributed by atoms with Crippen LogP contribution in [-0.2, 0) is 22.3 Å². The number of ether oxygens (including phenoxy) is 2. The Balaban J connectivity index is 1.59. The maximum absolute atomic E-state index is 5.59. The fourth-order valence-corrected chi connectivity index (χ4v) is 5.84. The lowest BCUT2D eigenvalue weighted by molar-refractivity contribution is 0.121. The van der Waals surface area contributed by atoms with Gasteiger partial charge in [-0.25, -0.2) is 4.98 Å². The molecule has 0 amide bonds. The van der Waals surface area contributed by atoms with E-state index in [2.05, 4.69) is 16.0 Å². The molecule has 3 aromatic rings. The van der Waals surface area contributed by atoms with Crippen molar-refractivity contribution in [3.05, 3.63) is 17.5 Å². The van der Waals surface area contributed by atoms with Gasteiger partial charge in [0.25, 0.3) is 0 Å². The summed E-state index contributed by atoms with van der Waals surface area (Å²) in [6, 6.07) is 0. The molecule has 0 spiro atoms. The summed E-state index contributed by atoms with van der Waals surface area (Å²) in [5.41, 5.74) is 3.80. The Morgan fingerprint density at radius 3 is 2.38 bits per heavy atom. The van der Waals surface area contributed by atoms with Crippen molar-refractivity contribution in [3.63, 3.8) is 0 Å². The first-order valence-electron chi connectivity index (χ1n) is 10.6. The predicted molar refractivity (Wildman–Crippen MR) is 115 cm³/mol. The normalized spacial score (nSPS) is 20.4. The monoisotopic (exact) mass is 411 g/mol. The molecule has 3 aromatic heterocycles. The molecule has 3 aliphatic rings. The Morgan fingerprint density at radius 2 is 1.59 bits per heavy atom. The van der Waals surface area contributed by atoms with E-state index in [9.17, 15) is 0 Å². The second-order valence-corrected chi connectivity index (χ2v) is 9.01. The predicted octanol–water partition coefficient (Wildman–Crippen LogP) is 2.79. The summed E-state index contributed by atoms with van der Waals surface area (Å²) >= 11 is 1.80. The Labute approximate surface area is 173 Å². The number of thiophene rings is 1. The van der Waals surface area contributed by atoms with Crippen molar-refractivity contribution in [2.45, 2.75) is 25.7 Å². The topological polar surface area (TPSA) is 63.6 Å². The van der Waals surface area contributed by atoms with Crippen molar-refractivity contribution >= 4 is 43.4 Å². The second-order valence-electron chi connectivity index (χ2n) is 7.96. The molecule has 0 radical (unpaired) electrons. The molecule has 152 valence electrons. The number of hydrogen-bond acceptors (Lipinski definition) is 8. The Morgan fingerprint density at radius 1 is 0.862 bits per heavy atom. The SMILES string of the molecule is c1nc2c(c3c1sc1c(N4CCOCC4)nc(N4CCOCC4)nc13)CCCC2. The molecule has 29 heavy (non-hydrogen) atoms. The van der Waals surface area contributed by atoms with Crippen LogP contribution in [0, 0.1) is 0 Å².